The fourth-order valence-corrected chi connectivity index (χ4v) is 3.99. The number of hydrogen-bond donors (Lipinski definition) is 0. The molecule has 1 saturated heterocycles. The lowest BCUT2D eigenvalue weighted by Gasteiger charge is -2.14. The molecular weight excluding hydrogens is 398 g/mol. The molecule has 0 saturated carbocycles. The number of likely N-dealkylation sites (tertiary alicyclic amines) is 1. The fraction of sp³-hybridized carbons (Fsp3) is 0.333. The first kappa shape index (κ1) is 19.4. The largest absolute Gasteiger partial charge is 0.459 e. The van der Waals surface area contributed by atoms with Gasteiger partial charge in [0.25, 0.3) is 0 Å². The first-order valence-corrected chi connectivity index (χ1v) is 9.61. The maximum atomic E-state index is 12.4. The van der Waals surface area contributed by atoms with Crippen LogP contribution in [-0.2, 0) is 25.7 Å². The van der Waals surface area contributed by atoms with Crippen molar-refractivity contribution in [3.63, 3.8) is 0 Å². The molecule has 0 spiro atoms. The van der Waals surface area contributed by atoms with E-state index in [4.69, 9.17) is 20.8 Å². The molecule has 1 aliphatic carbocycles. The summed E-state index contributed by atoms with van der Waals surface area (Å²) in [4.78, 5) is 50.0. The van der Waals surface area contributed by atoms with E-state index in [1.807, 2.05) is 12.2 Å². The molecule has 8 heteroatoms. The highest BCUT2D eigenvalue weighted by atomic mass is 35.5. The molecule has 1 aromatic carbocycles. The van der Waals surface area contributed by atoms with Crippen LogP contribution in [0.3, 0.4) is 0 Å². The number of hydrogen-bond acceptors (Lipinski definition) is 6. The predicted molar refractivity (Wildman–Crippen MR) is 104 cm³/mol. The monoisotopic (exact) mass is 415 g/mol. The number of rotatable bonds is 4. The van der Waals surface area contributed by atoms with E-state index in [1.54, 1.807) is 19.1 Å². The topological polar surface area (TPSA) is 93.9 Å². The van der Waals surface area contributed by atoms with Gasteiger partial charge in [-0.2, -0.15) is 0 Å². The van der Waals surface area contributed by atoms with Crippen molar-refractivity contribution in [3.8, 4) is 0 Å². The highest BCUT2D eigenvalue weighted by Crippen LogP contribution is 2.35. The normalized spacial score (nSPS) is 21.0. The van der Waals surface area contributed by atoms with Crippen LogP contribution in [0.5, 0.6) is 0 Å². The molecule has 7 nitrogen and oxygen atoms in total. The summed E-state index contributed by atoms with van der Waals surface area (Å²) in [7, 11) is 0. The van der Waals surface area contributed by atoms with Gasteiger partial charge in [0.1, 0.15) is 18.7 Å². The Morgan fingerprint density at radius 3 is 2.45 bits per heavy atom. The molecule has 2 heterocycles. The molecule has 29 heavy (non-hydrogen) atoms. The first-order valence-electron chi connectivity index (χ1n) is 9.24. The van der Waals surface area contributed by atoms with Crippen LogP contribution in [0.1, 0.15) is 24.0 Å². The third-order valence-corrected chi connectivity index (χ3v) is 5.79. The number of halogens is 1. The molecule has 0 N–H and O–H groups in total. The van der Waals surface area contributed by atoms with Gasteiger partial charge in [-0.05, 0) is 37.5 Å². The molecule has 2 aliphatic rings. The number of esters is 1. The fourth-order valence-electron chi connectivity index (χ4n) is 3.83. The quantitative estimate of drug-likeness (QED) is 0.330. The summed E-state index contributed by atoms with van der Waals surface area (Å²) in [6, 6.07) is 4.51. The number of amides is 2. The van der Waals surface area contributed by atoms with Crippen LogP contribution >= 0.6 is 11.6 Å². The number of benzene rings is 1. The number of allylic oxidation sites excluding steroid dienone is 2. The van der Waals surface area contributed by atoms with Crippen molar-refractivity contribution in [1.82, 2.24) is 4.90 Å². The van der Waals surface area contributed by atoms with Gasteiger partial charge in [0, 0.05) is 22.0 Å². The summed E-state index contributed by atoms with van der Waals surface area (Å²) in [5.74, 6) is -2.19. The van der Waals surface area contributed by atoms with Crippen LogP contribution in [-0.4, -0.2) is 29.2 Å². The summed E-state index contributed by atoms with van der Waals surface area (Å²) >= 11 is 6.15. The Morgan fingerprint density at radius 1 is 1.14 bits per heavy atom. The zero-order chi connectivity index (χ0) is 20.7. The zero-order valence-electron chi connectivity index (χ0n) is 15.6. The third-order valence-electron chi connectivity index (χ3n) is 5.38. The molecular formula is C21H18ClNO6. The lowest BCUT2D eigenvalue weighted by Crippen LogP contribution is -2.36. The summed E-state index contributed by atoms with van der Waals surface area (Å²) < 4.78 is 10.4. The highest BCUT2D eigenvalue weighted by molar-refractivity contribution is 6.32. The van der Waals surface area contributed by atoms with E-state index < -0.39 is 30.0 Å². The molecule has 2 aromatic rings. The molecule has 2 atom stereocenters. The summed E-state index contributed by atoms with van der Waals surface area (Å²) in [6.45, 7) is 1.14. The van der Waals surface area contributed by atoms with Crippen molar-refractivity contribution >= 4 is 40.4 Å². The second-order valence-corrected chi connectivity index (χ2v) is 7.67. The SMILES string of the molecule is Cc1cc2oc(=O)cc(COC(=O)CN3C(=O)[C@@H]4CC=CC[C@H]4C3=O)c2cc1Cl. The minimum atomic E-state index is -0.724. The molecule has 1 fully saturated rings. The number of fused-ring (bicyclic) bond motifs is 2. The smallest absolute Gasteiger partial charge is 0.336 e. The lowest BCUT2D eigenvalue weighted by atomic mass is 9.85. The van der Waals surface area contributed by atoms with Crippen molar-refractivity contribution in [2.45, 2.75) is 26.4 Å². The minimum Gasteiger partial charge on any atom is -0.459 e. The standard InChI is InChI=1S/C21H18ClNO6/c1-11-6-17-15(8-16(11)22)12(7-18(24)29-17)10-28-19(25)9-23-20(26)13-4-2-3-5-14(13)21(23)27/h2-3,6-8,13-14H,4-5,9-10H2,1H3/t13-,14-/m1/s1. The Hall–Kier alpha value is -2.93. The van der Waals surface area contributed by atoms with Gasteiger partial charge in [-0.25, -0.2) is 4.79 Å². The Bertz CT molecular complexity index is 1090. The Morgan fingerprint density at radius 2 is 1.79 bits per heavy atom. The number of imide groups is 1. The van der Waals surface area contributed by atoms with Crippen molar-refractivity contribution in [2.24, 2.45) is 11.8 Å². The molecule has 1 aliphatic heterocycles. The van der Waals surface area contributed by atoms with Crippen LogP contribution in [0.15, 0.2) is 39.6 Å². The predicted octanol–water partition coefficient (Wildman–Crippen LogP) is 2.75. The maximum absolute atomic E-state index is 12.4. The van der Waals surface area contributed by atoms with Crippen molar-refractivity contribution < 1.29 is 23.5 Å². The lowest BCUT2D eigenvalue weighted by molar-refractivity contribution is -0.153. The molecule has 0 radical (unpaired) electrons. The molecule has 150 valence electrons. The van der Waals surface area contributed by atoms with Gasteiger partial charge in [0.05, 0.1) is 11.8 Å². The molecule has 2 amide bonds. The Kier molecular flexibility index (Phi) is 5.00. The van der Waals surface area contributed by atoms with Crippen molar-refractivity contribution in [1.29, 1.82) is 0 Å². The van der Waals surface area contributed by atoms with E-state index in [0.717, 1.165) is 10.5 Å². The van der Waals surface area contributed by atoms with Gasteiger partial charge < -0.3 is 9.15 Å². The van der Waals surface area contributed by atoms with Crippen LogP contribution in [0.2, 0.25) is 5.02 Å². The van der Waals surface area contributed by atoms with Gasteiger partial charge in [-0.1, -0.05) is 23.8 Å². The number of aryl methyl sites for hydroxylation is 1. The summed E-state index contributed by atoms with van der Waals surface area (Å²) in [6.07, 6.45) is 4.78. The van der Waals surface area contributed by atoms with Gasteiger partial charge in [-0.3, -0.25) is 19.3 Å². The third kappa shape index (κ3) is 3.58. The average Bonchev–Trinajstić information content (AvgIpc) is 2.93. The Labute approximate surface area is 170 Å². The van der Waals surface area contributed by atoms with Gasteiger partial charge in [0.2, 0.25) is 11.8 Å². The summed E-state index contributed by atoms with van der Waals surface area (Å²) in [5.41, 5.74) is 0.945. The maximum Gasteiger partial charge on any atom is 0.336 e. The molecule has 0 bridgehead atoms. The van der Waals surface area contributed by atoms with E-state index in [0.29, 0.717) is 34.4 Å². The number of nitrogens with zero attached hydrogens (tertiary/aromatic N) is 1. The van der Waals surface area contributed by atoms with E-state index in [-0.39, 0.29) is 18.4 Å². The molecule has 0 unspecified atom stereocenters. The van der Waals surface area contributed by atoms with Crippen molar-refractivity contribution in [3.05, 3.63) is 56.9 Å². The van der Waals surface area contributed by atoms with Crippen LogP contribution in [0.25, 0.3) is 11.0 Å². The Balaban J connectivity index is 1.48. The highest BCUT2D eigenvalue weighted by Gasteiger charge is 2.47. The van der Waals surface area contributed by atoms with E-state index in [2.05, 4.69) is 0 Å². The number of ether oxygens (including phenoxy) is 1. The van der Waals surface area contributed by atoms with Gasteiger partial charge >= 0.3 is 11.6 Å². The van der Waals surface area contributed by atoms with Gasteiger partial charge in [-0.15, -0.1) is 0 Å². The number of carbonyl (C=O) groups excluding carboxylic acids is 3. The minimum absolute atomic E-state index is 0.203. The first-order chi connectivity index (χ1) is 13.8. The zero-order valence-corrected chi connectivity index (χ0v) is 16.4. The van der Waals surface area contributed by atoms with Crippen molar-refractivity contribution in [2.75, 3.05) is 6.54 Å². The summed E-state index contributed by atoms with van der Waals surface area (Å²) in [5, 5.41) is 1.04. The van der Waals surface area contributed by atoms with Crippen LogP contribution in [0, 0.1) is 18.8 Å². The second kappa shape index (κ2) is 7.48. The second-order valence-electron chi connectivity index (χ2n) is 7.27. The number of carbonyl (C=O) groups is 3. The van der Waals surface area contributed by atoms with Gasteiger partial charge in [0.15, 0.2) is 0 Å². The van der Waals surface area contributed by atoms with E-state index in [9.17, 15) is 19.2 Å². The molecule has 1 aromatic heterocycles. The van der Waals surface area contributed by atoms with E-state index in [1.165, 1.54) is 6.07 Å². The molecule has 4 rings (SSSR count). The van der Waals surface area contributed by atoms with Crippen LogP contribution in [0.4, 0.5) is 0 Å². The van der Waals surface area contributed by atoms with Crippen LogP contribution < -0.4 is 5.63 Å². The average molecular weight is 416 g/mol. The van der Waals surface area contributed by atoms with E-state index >= 15 is 0 Å².